The van der Waals surface area contributed by atoms with E-state index in [2.05, 4.69) is 46.9 Å². The number of fused-ring (bicyclic) bond motifs is 1. The molecule has 3 rings (SSSR count). The van der Waals surface area contributed by atoms with Crippen LogP contribution in [0, 0.1) is 0 Å². The molecule has 1 aromatic heterocycles. The Hall–Kier alpha value is -2.47. The van der Waals surface area contributed by atoms with Gasteiger partial charge < -0.3 is 19.6 Å². The van der Waals surface area contributed by atoms with E-state index >= 15 is 0 Å². The Morgan fingerprint density at radius 3 is 2.41 bits per heavy atom. The zero-order valence-corrected chi connectivity index (χ0v) is 17.3. The van der Waals surface area contributed by atoms with Crippen molar-refractivity contribution in [1.82, 2.24) is 4.98 Å². The summed E-state index contributed by atoms with van der Waals surface area (Å²) in [5, 5.41) is 10.4. The van der Waals surface area contributed by atoms with Gasteiger partial charge >= 0.3 is 5.97 Å². The van der Waals surface area contributed by atoms with Gasteiger partial charge in [0.2, 0.25) is 0 Å². The number of carbonyl (C=O) groups is 1. The van der Waals surface area contributed by atoms with Crippen LogP contribution in [0.2, 0.25) is 0 Å². The molecule has 0 spiro atoms. The number of aromatic nitrogens is 1. The van der Waals surface area contributed by atoms with Gasteiger partial charge in [0, 0.05) is 20.9 Å². The number of aromatic amines is 1. The number of nitrogens with one attached hydrogen (secondary N) is 1. The zero-order valence-electron chi connectivity index (χ0n) is 15.7. The highest BCUT2D eigenvalue weighted by atomic mass is 79.9. The fourth-order valence-electron chi connectivity index (χ4n) is 3.23. The summed E-state index contributed by atoms with van der Waals surface area (Å²) in [5.74, 6) is 0.673. The number of hydrogen-bond donors (Lipinski definition) is 2. The van der Waals surface area contributed by atoms with Gasteiger partial charge in [0.15, 0.2) is 11.5 Å². The Balaban J connectivity index is 2.29. The molecular weight excluding hydrogens is 410 g/mol. The second-order valence-corrected chi connectivity index (χ2v) is 7.55. The summed E-state index contributed by atoms with van der Waals surface area (Å²) >= 11 is 3.58. The van der Waals surface area contributed by atoms with Crippen molar-refractivity contribution < 1.29 is 19.4 Å². The van der Waals surface area contributed by atoms with Crippen LogP contribution in [0.5, 0.6) is 11.5 Å². The number of benzene rings is 2. The van der Waals surface area contributed by atoms with Gasteiger partial charge in [0.05, 0.1) is 26.3 Å². The Morgan fingerprint density at radius 1 is 1.15 bits per heavy atom. The molecule has 0 aliphatic rings. The number of ether oxygens (including phenoxy) is 2. The number of H-pyrrole nitrogens is 1. The summed E-state index contributed by atoms with van der Waals surface area (Å²) in [6.45, 7) is 4.24. The van der Waals surface area contributed by atoms with E-state index in [1.165, 1.54) is 5.56 Å². The van der Waals surface area contributed by atoms with Gasteiger partial charge in [-0.1, -0.05) is 19.9 Å². The number of aliphatic carboxylic acids is 1. The molecule has 0 fully saturated rings. The van der Waals surface area contributed by atoms with E-state index in [1.807, 2.05) is 18.2 Å². The minimum atomic E-state index is -0.872. The normalized spacial score (nSPS) is 11.2. The molecule has 0 aliphatic carbocycles. The van der Waals surface area contributed by atoms with E-state index in [4.69, 9.17) is 9.47 Å². The molecule has 5 nitrogen and oxygen atoms in total. The van der Waals surface area contributed by atoms with E-state index in [1.54, 1.807) is 14.2 Å². The first-order chi connectivity index (χ1) is 12.8. The minimum absolute atomic E-state index is 0.0718. The van der Waals surface area contributed by atoms with Crippen molar-refractivity contribution in [3.05, 3.63) is 45.9 Å². The van der Waals surface area contributed by atoms with Crippen LogP contribution in [-0.2, 0) is 11.2 Å². The van der Waals surface area contributed by atoms with Crippen LogP contribution in [0.25, 0.3) is 22.2 Å². The second-order valence-electron chi connectivity index (χ2n) is 6.70. The highest BCUT2D eigenvalue weighted by Gasteiger charge is 2.20. The molecule has 0 amide bonds. The topological polar surface area (TPSA) is 71.6 Å². The predicted octanol–water partition coefficient (Wildman–Crippen LogP) is 5.37. The third-order valence-electron chi connectivity index (χ3n) is 4.67. The van der Waals surface area contributed by atoms with Crippen LogP contribution >= 0.6 is 15.9 Å². The summed E-state index contributed by atoms with van der Waals surface area (Å²) in [6, 6.07) is 9.83. The molecule has 0 saturated carbocycles. The van der Waals surface area contributed by atoms with E-state index < -0.39 is 5.97 Å². The average molecular weight is 432 g/mol. The van der Waals surface area contributed by atoms with Crippen molar-refractivity contribution >= 4 is 32.8 Å². The molecule has 0 aliphatic heterocycles. The fourth-order valence-corrected chi connectivity index (χ4v) is 3.76. The predicted molar refractivity (Wildman–Crippen MR) is 110 cm³/mol. The lowest BCUT2D eigenvalue weighted by Gasteiger charge is -2.12. The first kappa shape index (κ1) is 19.3. The fraction of sp³-hybridized carbons (Fsp3) is 0.286. The van der Waals surface area contributed by atoms with E-state index in [-0.39, 0.29) is 6.42 Å². The third-order valence-corrected chi connectivity index (χ3v) is 5.32. The molecule has 142 valence electrons. The van der Waals surface area contributed by atoms with Crippen molar-refractivity contribution in [3.8, 4) is 22.8 Å². The Kier molecular flexibility index (Phi) is 5.46. The number of rotatable bonds is 6. The molecule has 1 heterocycles. The Morgan fingerprint density at radius 2 is 1.81 bits per heavy atom. The van der Waals surface area contributed by atoms with Crippen LogP contribution in [0.1, 0.15) is 30.9 Å². The number of methoxy groups -OCH3 is 2. The molecule has 3 aromatic rings. The van der Waals surface area contributed by atoms with Crippen molar-refractivity contribution in [2.24, 2.45) is 0 Å². The summed E-state index contributed by atoms with van der Waals surface area (Å²) in [4.78, 5) is 14.9. The maximum atomic E-state index is 11.6. The monoisotopic (exact) mass is 431 g/mol. The first-order valence-corrected chi connectivity index (χ1v) is 9.43. The van der Waals surface area contributed by atoms with Gasteiger partial charge in [0.1, 0.15) is 0 Å². The number of carboxylic acid groups (broad SMARTS) is 1. The number of carboxylic acids is 1. The highest BCUT2D eigenvalue weighted by Crippen LogP contribution is 2.41. The van der Waals surface area contributed by atoms with Gasteiger partial charge in [-0.25, -0.2) is 0 Å². The molecular formula is C21H22BrNO4. The van der Waals surface area contributed by atoms with Crippen molar-refractivity contribution in [1.29, 1.82) is 0 Å². The third kappa shape index (κ3) is 3.67. The minimum Gasteiger partial charge on any atom is -0.493 e. The maximum Gasteiger partial charge on any atom is 0.307 e. The molecule has 0 bridgehead atoms. The van der Waals surface area contributed by atoms with Crippen LogP contribution in [-0.4, -0.2) is 30.3 Å². The lowest BCUT2D eigenvalue weighted by molar-refractivity contribution is -0.136. The van der Waals surface area contributed by atoms with Crippen LogP contribution in [0.3, 0.4) is 0 Å². The highest BCUT2D eigenvalue weighted by molar-refractivity contribution is 9.10. The maximum absolute atomic E-state index is 11.6. The Labute approximate surface area is 166 Å². The largest absolute Gasteiger partial charge is 0.493 e. The molecule has 0 atom stereocenters. The number of hydrogen-bond acceptors (Lipinski definition) is 3. The van der Waals surface area contributed by atoms with Gasteiger partial charge in [-0.2, -0.15) is 0 Å². The van der Waals surface area contributed by atoms with Crippen LogP contribution in [0.4, 0.5) is 0 Å². The molecule has 2 aromatic carbocycles. The average Bonchev–Trinajstić information content (AvgIpc) is 2.98. The van der Waals surface area contributed by atoms with Gasteiger partial charge in [-0.05, 0) is 57.2 Å². The standard InChI is InChI=1S/C21H22BrNO4/c1-11(2)12-5-6-17-13(7-12)14(9-20(24)25)21(23-17)15-8-18(26-3)19(27-4)10-16(15)22/h5-8,10-11,23H,9H2,1-4H3,(H,24,25). The van der Waals surface area contributed by atoms with Crippen LogP contribution < -0.4 is 9.47 Å². The second kappa shape index (κ2) is 7.64. The molecule has 0 unspecified atom stereocenters. The molecule has 0 radical (unpaired) electrons. The quantitative estimate of drug-likeness (QED) is 0.550. The lowest BCUT2D eigenvalue weighted by Crippen LogP contribution is -2.01. The van der Waals surface area contributed by atoms with Gasteiger partial charge in [0.25, 0.3) is 0 Å². The van der Waals surface area contributed by atoms with Crippen molar-refractivity contribution in [2.45, 2.75) is 26.2 Å². The summed E-state index contributed by atoms with van der Waals surface area (Å²) in [6.07, 6.45) is -0.0718. The number of halogens is 1. The first-order valence-electron chi connectivity index (χ1n) is 8.63. The van der Waals surface area contributed by atoms with E-state index in [9.17, 15) is 9.90 Å². The molecule has 6 heteroatoms. The smallest absolute Gasteiger partial charge is 0.307 e. The Bertz CT molecular complexity index is 1010. The summed E-state index contributed by atoms with van der Waals surface area (Å²) in [7, 11) is 3.16. The van der Waals surface area contributed by atoms with E-state index in [0.29, 0.717) is 17.4 Å². The SMILES string of the molecule is COc1cc(Br)c(-c2[nH]c3ccc(C(C)C)cc3c2CC(=O)O)cc1OC. The lowest BCUT2D eigenvalue weighted by atomic mass is 9.97. The van der Waals surface area contributed by atoms with Crippen molar-refractivity contribution in [3.63, 3.8) is 0 Å². The molecule has 27 heavy (non-hydrogen) atoms. The van der Waals surface area contributed by atoms with Crippen LogP contribution in [0.15, 0.2) is 34.8 Å². The zero-order chi connectivity index (χ0) is 19.7. The van der Waals surface area contributed by atoms with Crippen molar-refractivity contribution in [2.75, 3.05) is 14.2 Å². The van der Waals surface area contributed by atoms with Gasteiger partial charge in [-0.15, -0.1) is 0 Å². The van der Waals surface area contributed by atoms with E-state index in [0.717, 1.165) is 32.2 Å². The molecule has 2 N–H and O–H groups in total. The summed E-state index contributed by atoms with van der Waals surface area (Å²) in [5.41, 5.74) is 4.43. The van der Waals surface area contributed by atoms with Gasteiger partial charge in [-0.3, -0.25) is 4.79 Å². The molecule has 0 saturated heterocycles. The summed E-state index contributed by atoms with van der Waals surface area (Å²) < 4.78 is 11.6.